The summed E-state index contributed by atoms with van der Waals surface area (Å²) >= 11 is 8.09. The second-order valence-electron chi connectivity index (χ2n) is 7.73. The molecule has 2 atom stereocenters. The van der Waals surface area contributed by atoms with Crippen LogP contribution < -0.4 is 5.32 Å². The number of thioether (sulfide) groups is 1. The molecule has 2 heterocycles. The third-order valence-electron chi connectivity index (χ3n) is 5.08. The van der Waals surface area contributed by atoms with Crippen LogP contribution in [0.5, 0.6) is 0 Å². The van der Waals surface area contributed by atoms with Gasteiger partial charge in [-0.1, -0.05) is 53.7 Å². The number of rotatable bonds is 6. The highest BCUT2D eigenvalue weighted by molar-refractivity contribution is 7.99. The Morgan fingerprint density at radius 2 is 2.03 bits per heavy atom. The highest BCUT2D eigenvalue weighted by atomic mass is 35.5. The SMILES string of the molecule is CC(C)NC(=O)[C@@H]1C[C@@H](Sc2nc3ccccc3[nH]2)CN1Cc1ccccc1Cl. The fraction of sp³-hybridized carbons (Fsp3) is 0.364. The topological polar surface area (TPSA) is 61.0 Å². The molecule has 29 heavy (non-hydrogen) atoms. The summed E-state index contributed by atoms with van der Waals surface area (Å²) < 4.78 is 0. The van der Waals surface area contributed by atoms with Crippen LogP contribution in [0.4, 0.5) is 0 Å². The van der Waals surface area contributed by atoms with Crippen molar-refractivity contribution in [3.63, 3.8) is 0 Å². The number of nitrogens with zero attached hydrogens (tertiary/aromatic N) is 2. The summed E-state index contributed by atoms with van der Waals surface area (Å²) in [5, 5.41) is 4.99. The Labute approximate surface area is 180 Å². The Balaban J connectivity index is 1.52. The van der Waals surface area contributed by atoms with Crippen LogP contribution in [0.1, 0.15) is 25.8 Å². The molecule has 1 amide bonds. The second-order valence-corrected chi connectivity index (χ2v) is 9.43. The number of hydrogen-bond acceptors (Lipinski definition) is 4. The van der Waals surface area contributed by atoms with Gasteiger partial charge >= 0.3 is 0 Å². The van der Waals surface area contributed by atoms with E-state index >= 15 is 0 Å². The quantitative estimate of drug-likeness (QED) is 0.607. The Morgan fingerprint density at radius 3 is 2.79 bits per heavy atom. The minimum Gasteiger partial charge on any atom is -0.353 e. The zero-order valence-corrected chi connectivity index (χ0v) is 18.1. The van der Waals surface area contributed by atoms with Crippen molar-refractivity contribution in [1.82, 2.24) is 20.2 Å². The Bertz CT molecular complexity index is 972. The van der Waals surface area contributed by atoms with E-state index in [4.69, 9.17) is 11.6 Å². The first-order valence-electron chi connectivity index (χ1n) is 9.89. The van der Waals surface area contributed by atoms with Crippen LogP contribution in [0, 0.1) is 0 Å². The van der Waals surface area contributed by atoms with Crippen LogP contribution in [0.2, 0.25) is 5.02 Å². The van der Waals surface area contributed by atoms with E-state index in [1.165, 1.54) is 0 Å². The summed E-state index contributed by atoms with van der Waals surface area (Å²) in [5.41, 5.74) is 3.05. The normalized spacial score (nSPS) is 19.9. The Morgan fingerprint density at radius 1 is 1.28 bits per heavy atom. The van der Waals surface area contributed by atoms with Crippen LogP contribution in [-0.4, -0.2) is 44.7 Å². The van der Waals surface area contributed by atoms with E-state index < -0.39 is 0 Å². The van der Waals surface area contributed by atoms with E-state index in [0.29, 0.717) is 6.54 Å². The third-order valence-corrected chi connectivity index (χ3v) is 6.54. The fourth-order valence-corrected chi connectivity index (χ4v) is 5.14. The van der Waals surface area contributed by atoms with Crippen LogP contribution >= 0.6 is 23.4 Å². The lowest BCUT2D eigenvalue weighted by atomic mass is 10.1. The van der Waals surface area contributed by atoms with Gasteiger partial charge in [-0.15, -0.1) is 0 Å². The molecule has 4 rings (SSSR count). The summed E-state index contributed by atoms with van der Waals surface area (Å²) in [6.07, 6.45) is 0.782. The van der Waals surface area contributed by atoms with Gasteiger partial charge in [0.05, 0.1) is 17.1 Å². The highest BCUT2D eigenvalue weighted by Gasteiger charge is 2.38. The van der Waals surface area contributed by atoms with Crippen molar-refractivity contribution in [3.05, 3.63) is 59.1 Å². The smallest absolute Gasteiger partial charge is 0.237 e. The van der Waals surface area contributed by atoms with E-state index in [-0.39, 0.29) is 23.2 Å². The van der Waals surface area contributed by atoms with Crippen molar-refractivity contribution < 1.29 is 4.79 Å². The first-order chi connectivity index (χ1) is 14.0. The number of H-pyrrole nitrogens is 1. The first kappa shape index (κ1) is 20.3. The second kappa shape index (κ2) is 8.78. The minimum atomic E-state index is -0.171. The molecular weight excluding hydrogens is 404 g/mol. The van der Waals surface area contributed by atoms with E-state index in [1.807, 2.05) is 62.4 Å². The molecule has 1 saturated heterocycles. The number of nitrogens with one attached hydrogen (secondary N) is 2. The van der Waals surface area contributed by atoms with Crippen molar-refractivity contribution in [2.24, 2.45) is 0 Å². The molecule has 0 spiro atoms. The predicted octanol–water partition coefficient (Wildman–Crippen LogP) is 4.48. The van der Waals surface area contributed by atoms with E-state index in [0.717, 1.165) is 39.7 Å². The molecule has 0 bridgehead atoms. The van der Waals surface area contributed by atoms with Crippen LogP contribution in [0.3, 0.4) is 0 Å². The number of para-hydroxylation sites is 2. The van der Waals surface area contributed by atoms with Crippen molar-refractivity contribution in [1.29, 1.82) is 0 Å². The summed E-state index contributed by atoms with van der Waals surface area (Å²) in [4.78, 5) is 23.2. The first-order valence-corrected chi connectivity index (χ1v) is 11.1. The van der Waals surface area contributed by atoms with Gasteiger partial charge in [0.15, 0.2) is 5.16 Å². The molecular formula is C22H25ClN4OS. The van der Waals surface area contributed by atoms with Crippen LogP contribution in [0.25, 0.3) is 11.0 Å². The zero-order valence-electron chi connectivity index (χ0n) is 16.6. The number of benzene rings is 2. The van der Waals surface area contributed by atoms with Crippen molar-refractivity contribution in [2.75, 3.05) is 6.54 Å². The lowest BCUT2D eigenvalue weighted by Gasteiger charge is -2.24. The van der Waals surface area contributed by atoms with Crippen molar-refractivity contribution in [2.45, 2.75) is 49.3 Å². The number of aromatic nitrogens is 2. The fourth-order valence-electron chi connectivity index (χ4n) is 3.76. The van der Waals surface area contributed by atoms with Crippen LogP contribution in [0.15, 0.2) is 53.7 Å². The predicted molar refractivity (Wildman–Crippen MR) is 119 cm³/mol. The number of carbonyl (C=O) groups excluding carboxylic acids is 1. The number of amides is 1. The van der Waals surface area contributed by atoms with Gasteiger partial charge in [-0.05, 0) is 44.0 Å². The summed E-state index contributed by atoms with van der Waals surface area (Å²) in [6.45, 7) is 5.45. The highest BCUT2D eigenvalue weighted by Crippen LogP contribution is 2.34. The molecule has 0 saturated carbocycles. The summed E-state index contributed by atoms with van der Waals surface area (Å²) in [5.74, 6) is 0.0831. The number of imidazole rings is 1. The van der Waals surface area contributed by atoms with Gasteiger partial charge in [0.1, 0.15) is 0 Å². The van der Waals surface area contributed by atoms with Gasteiger partial charge in [0, 0.05) is 29.4 Å². The maximum Gasteiger partial charge on any atom is 0.237 e. The molecule has 1 aromatic heterocycles. The Kier molecular flexibility index (Phi) is 6.13. The van der Waals surface area contributed by atoms with E-state index in [9.17, 15) is 4.79 Å². The van der Waals surface area contributed by atoms with Gasteiger partial charge in [-0.25, -0.2) is 4.98 Å². The van der Waals surface area contributed by atoms with Gasteiger partial charge in [0.25, 0.3) is 0 Å². The van der Waals surface area contributed by atoms with Crippen molar-refractivity contribution >= 4 is 40.3 Å². The zero-order chi connectivity index (χ0) is 20.4. The van der Waals surface area contributed by atoms with Gasteiger partial charge in [-0.3, -0.25) is 9.69 Å². The molecule has 7 heteroatoms. The van der Waals surface area contributed by atoms with Crippen molar-refractivity contribution in [3.8, 4) is 0 Å². The molecule has 1 fully saturated rings. The lowest BCUT2D eigenvalue weighted by Crippen LogP contribution is -2.45. The number of hydrogen-bond donors (Lipinski definition) is 2. The lowest BCUT2D eigenvalue weighted by molar-refractivity contribution is -0.126. The van der Waals surface area contributed by atoms with Gasteiger partial charge < -0.3 is 10.3 Å². The number of carbonyl (C=O) groups is 1. The number of fused-ring (bicyclic) bond motifs is 1. The number of likely N-dealkylation sites (tertiary alicyclic amines) is 1. The molecule has 2 aromatic carbocycles. The summed E-state index contributed by atoms with van der Waals surface area (Å²) in [6, 6.07) is 15.8. The average Bonchev–Trinajstić information content (AvgIpc) is 3.26. The molecule has 3 aromatic rings. The monoisotopic (exact) mass is 428 g/mol. The largest absolute Gasteiger partial charge is 0.353 e. The molecule has 152 valence electrons. The average molecular weight is 429 g/mol. The molecule has 0 aliphatic carbocycles. The van der Waals surface area contributed by atoms with E-state index in [2.05, 4.69) is 20.2 Å². The van der Waals surface area contributed by atoms with Gasteiger partial charge in [0.2, 0.25) is 5.91 Å². The third kappa shape index (κ3) is 4.77. The van der Waals surface area contributed by atoms with Gasteiger partial charge in [-0.2, -0.15) is 0 Å². The molecule has 2 N–H and O–H groups in total. The Hall–Kier alpha value is -2.02. The maximum absolute atomic E-state index is 12.9. The van der Waals surface area contributed by atoms with E-state index in [1.54, 1.807) is 11.8 Å². The molecule has 0 radical (unpaired) electrons. The van der Waals surface area contributed by atoms with Crippen LogP contribution in [-0.2, 0) is 11.3 Å². The number of aromatic amines is 1. The number of halogens is 1. The molecule has 5 nitrogen and oxygen atoms in total. The molecule has 1 aliphatic heterocycles. The summed E-state index contributed by atoms with van der Waals surface area (Å²) in [7, 11) is 0. The standard InChI is InChI=1S/C22H25ClN4OS/c1-14(2)24-21(28)20-11-16(13-27(20)12-15-7-3-4-8-17(15)23)29-22-25-18-9-5-6-10-19(18)26-22/h3-10,14,16,20H,11-13H2,1-2H3,(H,24,28)(H,25,26)/t16-,20+/m1/s1. The molecule has 1 aliphatic rings. The molecule has 0 unspecified atom stereocenters. The maximum atomic E-state index is 12.9. The minimum absolute atomic E-state index is 0.0831.